The quantitative estimate of drug-likeness (QED) is 0.665. The maximum atomic E-state index is 4.88. The fraction of sp³-hybridized carbons (Fsp3) is 0.714. The number of rotatable bonds is 5. The number of hydrogen-bond donors (Lipinski definition) is 1. The van der Waals surface area contributed by atoms with Crippen molar-refractivity contribution in [2.75, 3.05) is 25.6 Å². The van der Waals surface area contributed by atoms with Gasteiger partial charge in [0, 0.05) is 20.3 Å². The number of aryl methyl sites for hydroxylation is 1. The summed E-state index contributed by atoms with van der Waals surface area (Å²) < 4.78 is 9.71. The summed E-state index contributed by atoms with van der Waals surface area (Å²) in [6.07, 6.45) is 0.928. The molecule has 1 heterocycles. The van der Waals surface area contributed by atoms with E-state index in [1.807, 2.05) is 0 Å². The van der Waals surface area contributed by atoms with E-state index in [2.05, 4.69) is 15.5 Å². The Labute approximate surface area is 71.1 Å². The van der Waals surface area contributed by atoms with Gasteiger partial charge in [0.2, 0.25) is 0 Å². The molecule has 0 amide bonds. The molecule has 0 spiro atoms. The molecule has 0 bridgehead atoms. The highest BCUT2D eigenvalue weighted by molar-refractivity contribution is 5.17. The molecule has 0 saturated carbocycles. The summed E-state index contributed by atoms with van der Waals surface area (Å²) >= 11 is 0. The minimum absolute atomic E-state index is 0.476. The third-order valence-electron chi connectivity index (χ3n) is 1.33. The van der Waals surface area contributed by atoms with Gasteiger partial charge in [-0.3, -0.25) is 0 Å². The molecule has 0 saturated heterocycles. The maximum absolute atomic E-state index is 4.88. The van der Waals surface area contributed by atoms with E-state index in [0.29, 0.717) is 11.8 Å². The van der Waals surface area contributed by atoms with E-state index >= 15 is 0 Å². The third-order valence-corrected chi connectivity index (χ3v) is 1.33. The Bertz CT molecular complexity index is 224. The van der Waals surface area contributed by atoms with Crippen molar-refractivity contribution in [2.45, 2.75) is 13.3 Å². The molecule has 0 aliphatic heterocycles. The second-order valence-corrected chi connectivity index (χ2v) is 2.42. The normalized spacial score (nSPS) is 10.2. The number of nitrogens with one attached hydrogen (secondary N) is 1. The van der Waals surface area contributed by atoms with Crippen molar-refractivity contribution in [3.05, 3.63) is 5.82 Å². The highest BCUT2D eigenvalue weighted by Crippen LogP contribution is 2.01. The molecule has 0 aliphatic rings. The van der Waals surface area contributed by atoms with Gasteiger partial charge in [0.15, 0.2) is 5.82 Å². The zero-order valence-corrected chi connectivity index (χ0v) is 7.33. The molecule has 12 heavy (non-hydrogen) atoms. The van der Waals surface area contributed by atoms with Crippen LogP contribution in [0.3, 0.4) is 0 Å². The van der Waals surface area contributed by atoms with E-state index in [9.17, 15) is 0 Å². The predicted octanol–water partition coefficient (Wildman–Crippen LogP) is 0.826. The second kappa shape index (κ2) is 4.71. The number of methoxy groups -OCH3 is 1. The van der Waals surface area contributed by atoms with E-state index in [1.165, 1.54) is 0 Å². The van der Waals surface area contributed by atoms with Gasteiger partial charge in [0.05, 0.1) is 0 Å². The highest BCUT2D eigenvalue weighted by atomic mass is 16.5. The van der Waals surface area contributed by atoms with E-state index < -0.39 is 0 Å². The molecule has 0 aliphatic carbocycles. The van der Waals surface area contributed by atoms with Crippen LogP contribution >= 0.6 is 0 Å². The number of hydrogen-bond acceptors (Lipinski definition) is 5. The van der Waals surface area contributed by atoms with Gasteiger partial charge in [-0.1, -0.05) is 5.16 Å². The summed E-state index contributed by atoms with van der Waals surface area (Å²) in [6, 6.07) is 0.476. The molecule has 0 atom stereocenters. The Hall–Kier alpha value is -1.10. The van der Waals surface area contributed by atoms with Crippen molar-refractivity contribution in [1.29, 1.82) is 0 Å². The molecule has 5 heteroatoms. The van der Waals surface area contributed by atoms with Gasteiger partial charge in [-0.25, -0.2) is 0 Å². The van der Waals surface area contributed by atoms with E-state index in [4.69, 9.17) is 9.26 Å². The molecule has 0 unspecified atom stereocenters. The molecule has 0 radical (unpaired) electrons. The van der Waals surface area contributed by atoms with Crippen LogP contribution in [0.5, 0.6) is 0 Å². The van der Waals surface area contributed by atoms with Crippen molar-refractivity contribution in [3.63, 3.8) is 0 Å². The standard InChI is InChI=1S/C7H13N3O2/c1-6-9-7(12-10-6)8-4-3-5-11-2/h3-5H2,1-2H3,(H,8,9,10). The lowest BCUT2D eigenvalue weighted by molar-refractivity contribution is 0.197. The van der Waals surface area contributed by atoms with Crippen molar-refractivity contribution in [2.24, 2.45) is 0 Å². The summed E-state index contributed by atoms with van der Waals surface area (Å²) in [7, 11) is 1.68. The minimum atomic E-state index is 0.476. The Kier molecular flexibility index (Phi) is 3.53. The molecule has 1 aromatic heterocycles. The van der Waals surface area contributed by atoms with Crippen molar-refractivity contribution in [3.8, 4) is 0 Å². The fourth-order valence-corrected chi connectivity index (χ4v) is 0.781. The van der Waals surface area contributed by atoms with E-state index in [1.54, 1.807) is 14.0 Å². The monoisotopic (exact) mass is 171 g/mol. The van der Waals surface area contributed by atoms with Crippen LogP contribution in [0.15, 0.2) is 4.52 Å². The van der Waals surface area contributed by atoms with Crippen LogP contribution in [0.2, 0.25) is 0 Å². The van der Waals surface area contributed by atoms with Gasteiger partial charge in [-0.05, 0) is 13.3 Å². The number of anilines is 1. The Morgan fingerprint density at radius 3 is 3.00 bits per heavy atom. The molecule has 0 aromatic carbocycles. The fourth-order valence-electron chi connectivity index (χ4n) is 0.781. The second-order valence-electron chi connectivity index (χ2n) is 2.42. The Morgan fingerprint density at radius 1 is 1.58 bits per heavy atom. The van der Waals surface area contributed by atoms with Crippen LogP contribution in [0.1, 0.15) is 12.2 Å². The summed E-state index contributed by atoms with van der Waals surface area (Å²) in [6.45, 7) is 3.30. The Balaban J connectivity index is 2.15. The van der Waals surface area contributed by atoms with E-state index in [-0.39, 0.29) is 0 Å². The third kappa shape index (κ3) is 2.87. The largest absolute Gasteiger partial charge is 0.385 e. The SMILES string of the molecule is COCCCNc1nc(C)no1. The first-order valence-corrected chi connectivity index (χ1v) is 3.86. The molecular weight excluding hydrogens is 158 g/mol. The Morgan fingerprint density at radius 2 is 2.42 bits per heavy atom. The lowest BCUT2D eigenvalue weighted by Crippen LogP contribution is -2.04. The molecule has 68 valence electrons. The number of ether oxygens (including phenoxy) is 1. The van der Waals surface area contributed by atoms with Crippen molar-refractivity contribution in [1.82, 2.24) is 10.1 Å². The van der Waals surface area contributed by atoms with Gasteiger partial charge in [0.25, 0.3) is 0 Å². The van der Waals surface area contributed by atoms with Crippen molar-refractivity contribution >= 4 is 6.01 Å². The van der Waals surface area contributed by atoms with Crippen LogP contribution in [0, 0.1) is 6.92 Å². The number of nitrogens with zero attached hydrogens (tertiary/aromatic N) is 2. The first kappa shape index (κ1) is 8.99. The van der Waals surface area contributed by atoms with Gasteiger partial charge in [-0.15, -0.1) is 0 Å². The van der Waals surface area contributed by atoms with Gasteiger partial charge < -0.3 is 14.6 Å². The molecular formula is C7H13N3O2. The maximum Gasteiger partial charge on any atom is 0.321 e. The van der Waals surface area contributed by atoms with Crippen LogP contribution in [-0.2, 0) is 4.74 Å². The lowest BCUT2D eigenvalue weighted by Gasteiger charge is -1.98. The van der Waals surface area contributed by atoms with Gasteiger partial charge >= 0.3 is 6.01 Å². The summed E-state index contributed by atoms with van der Waals surface area (Å²) in [5.41, 5.74) is 0. The smallest absolute Gasteiger partial charge is 0.321 e. The van der Waals surface area contributed by atoms with Crippen LogP contribution in [0.4, 0.5) is 6.01 Å². The predicted molar refractivity (Wildman–Crippen MR) is 44.0 cm³/mol. The van der Waals surface area contributed by atoms with Crippen LogP contribution in [-0.4, -0.2) is 30.4 Å². The highest BCUT2D eigenvalue weighted by Gasteiger charge is 1.98. The lowest BCUT2D eigenvalue weighted by atomic mass is 10.4. The zero-order valence-electron chi connectivity index (χ0n) is 7.33. The average molecular weight is 171 g/mol. The topological polar surface area (TPSA) is 60.2 Å². The first-order chi connectivity index (χ1) is 5.83. The van der Waals surface area contributed by atoms with Gasteiger partial charge in [0.1, 0.15) is 0 Å². The molecule has 5 nitrogen and oxygen atoms in total. The summed E-state index contributed by atoms with van der Waals surface area (Å²) in [4.78, 5) is 3.98. The average Bonchev–Trinajstić information content (AvgIpc) is 2.45. The van der Waals surface area contributed by atoms with Crippen LogP contribution in [0.25, 0.3) is 0 Å². The summed E-state index contributed by atoms with van der Waals surface area (Å²) in [5.74, 6) is 0.643. The molecule has 1 N–H and O–H groups in total. The summed E-state index contributed by atoms with van der Waals surface area (Å²) in [5, 5.41) is 6.62. The zero-order chi connectivity index (χ0) is 8.81. The molecule has 1 rings (SSSR count). The van der Waals surface area contributed by atoms with Crippen molar-refractivity contribution < 1.29 is 9.26 Å². The number of aromatic nitrogens is 2. The van der Waals surface area contributed by atoms with Gasteiger partial charge in [-0.2, -0.15) is 4.98 Å². The molecule has 1 aromatic rings. The first-order valence-electron chi connectivity index (χ1n) is 3.86. The van der Waals surface area contributed by atoms with Crippen LogP contribution < -0.4 is 5.32 Å². The minimum Gasteiger partial charge on any atom is -0.385 e. The molecule has 0 fully saturated rings. The van der Waals surface area contributed by atoms with E-state index in [0.717, 1.165) is 19.6 Å².